The van der Waals surface area contributed by atoms with Crippen molar-refractivity contribution >= 4 is 12.3 Å². The number of benzene rings is 1. The summed E-state index contributed by atoms with van der Waals surface area (Å²) in [6.07, 6.45) is 7.37. The SMILES string of the molecule is C[n+]1ccn(CCOC(=O)CCCOc2ccccc2C=O)c1. The molecular formula is C17H21N2O4+. The van der Waals surface area contributed by atoms with Gasteiger partial charge in [-0.1, -0.05) is 12.1 Å². The molecule has 0 spiro atoms. The second kappa shape index (κ2) is 8.73. The second-order valence-corrected chi connectivity index (χ2v) is 5.15. The Kier molecular flexibility index (Phi) is 6.35. The van der Waals surface area contributed by atoms with Crippen LogP contribution in [0.2, 0.25) is 0 Å². The minimum atomic E-state index is -0.242. The topological polar surface area (TPSA) is 61.4 Å². The summed E-state index contributed by atoms with van der Waals surface area (Å²) in [5.74, 6) is 0.296. The van der Waals surface area contributed by atoms with Gasteiger partial charge >= 0.3 is 5.97 Å². The molecule has 0 aliphatic carbocycles. The highest BCUT2D eigenvalue weighted by Crippen LogP contribution is 2.15. The zero-order chi connectivity index (χ0) is 16.5. The van der Waals surface area contributed by atoms with Gasteiger partial charge in [-0.15, -0.1) is 0 Å². The summed E-state index contributed by atoms with van der Waals surface area (Å²) in [7, 11) is 1.94. The van der Waals surface area contributed by atoms with Crippen molar-refractivity contribution in [3.63, 3.8) is 0 Å². The lowest BCUT2D eigenvalue weighted by Gasteiger charge is -2.08. The maximum absolute atomic E-state index is 11.6. The Labute approximate surface area is 135 Å². The maximum atomic E-state index is 11.6. The van der Waals surface area contributed by atoms with E-state index in [1.54, 1.807) is 24.3 Å². The van der Waals surface area contributed by atoms with E-state index in [0.717, 1.165) is 6.29 Å². The molecule has 0 aliphatic heterocycles. The maximum Gasteiger partial charge on any atom is 0.306 e. The summed E-state index contributed by atoms with van der Waals surface area (Å²) < 4.78 is 14.6. The number of aldehydes is 1. The van der Waals surface area contributed by atoms with Crippen LogP contribution in [0.5, 0.6) is 5.75 Å². The van der Waals surface area contributed by atoms with Crippen LogP contribution in [-0.4, -0.2) is 30.0 Å². The highest BCUT2D eigenvalue weighted by Gasteiger charge is 2.06. The molecule has 1 heterocycles. The summed E-state index contributed by atoms with van der Waals surface area (Å²) in [6.45, 7) is 1.35. The van der Waals surface area contributed by atoms with Gasteiger partial charge in [-0.2, -0.15) is 0 Å². The van der Waals surface area contributed by atoms with Crippen molar-refractivity contribution in [2.75, 3.05) is 13.2 Å². The van der Waals surface area contributed by atoms with Crippen molar-refractivity contribution in [3.8, 4) is 5.75 Å². The third kappa shape index (κ3) is 5.58. The molecule has 0 radical (unpaired) electrons. The van der Waals surface area contributed by atoms with Gasteiger partial charge in [0.1, 0.15) is 31.3 Å². The monoisotopic (exact) mass is 317 g/mol. The zero-order valence-electron chi connectivity index (χ0n) is 13.2. The number of para-hydroxylation sites is 1. The van der Waals surface area contributed by atoms with Gasteiger partial charge in [0.2, 0.25) is 6.33 Å². The van der Waals surface area contributed by atoms with Crippen LogP contribution in [0.15, 0.2) is 43.0 Å². The number of nitrogens with zero attached hydrogens (tertiary/aromatic N) is 2. The van der Waals surface area contributed by atoms with Crippen molar-refractivity contribution in [3.05, 3.63) is 48.5 Å². The minimum Gasteiger partial charge on any atom is -0.493 e. The van der Waals surface area contributed by atoms with E-state index in [1.807, 2.05) is 34.9 Å². The molecule has 6 nitrogen and oxygen atoms in total. The summed E-state index contributed by atoms with van der Waals surface area (Å²) in [5, 5.41) is 0. The van der Waals surface area contributed by atoms with Gasteiger partial charge < -0.3 is 9.47 Å². The van der Waals surface area contributed by atoms with Gasteiger partial charge in [0.15, 0.2) is 6.29 Å². The first-order valence-electron chi connectivity index (χ1n) is 7.52. The van der Waals surface area contributed by atoms with Crippen molar-refractivity contribution in [2.24, 2.45) is 7.05 Å². The molecule has 0 N–H and O–H groups in total. The molecule has 0 atom stereocenters. The number of ether oxygens (including phenoxy) is 2. The Morgan fingerprint density at radius 3 is 2.87 bits per heavy atom. The molecule has 0 saturated carbocycles. The third-order valence-electron chi connectivity index (χ3n) is 3.27. The molecule has 0 unspecified atom stereocenters. The number of imidazole rings is 1. The van der Waals surface area contributed by atoms with Crippen LogP contribution >= 0.6 is 0 Å². The number of rotatable bonds is 9. The Balaban J connectivity index is 1.60. The quantitative estimate of drug-likeness (QED) is 0.304. The summed E-state index contributed by atoms with van der Waals surface area (Å²) in [5.41, 5.74) is 0.509. The average molecular weight is 317 g/mol. The largest absolute Gasteiger partial charge is 0.493 e. The Morgan fingerprint density at radius 1 is 1.30 bits per heavy atom. The first-order valence-corrected chi connectivity index (χ1v) is 7.52. The highest BCUT2D eigenvalue weighted by atomic mass is 16.5. The van der Waals surface area contributed by atoms with Crippen LogP contribution < -0.4 is 9.30 Å². The van der Waals surface area contributed by atoms with Gasteiger partial charge in [-0.25, -0.2) is 9.13 Å². The predicted octanol–water partition coefficient (Wildman–Crippen LogP) is 1.53. The van der Waals surface area contributed by atoms with E-state index >= 15 is 0 Å². The lowest BCUT2D eigenvalue weighted by molar-refractivity contribution is -0.671. The first-order chi connectivity index (χ1) is 11.2. The van der Waals surface area contributed by atoms with Gasteiger partial charge in [-0.3, -0.25) is 9.59 Å². The second-order valence-electron chi connectivity index (χ2n) is 5.15. The van der Waals surface area contributed by atoms with E-state index in [9.17, 15) is 9.59 Å². The van der Waals surface area contributed by atoms with E-state index in [2.05, 4.69) is 0 Å². The fourth-order valence-corrected chi connectivity index (χ4v) is 2.08. The molecule has 1 aromatic carbocycles. The number of aryl methyl sites for hydroxylation is 1. The number of carbonyl (C=O) groups excluding carboxylic acids is 2. The number of carbonyl (C=O) groups is 2. The average Bonchev–Trinajstić information content (AvgIpc) is 2.97. The van der Waals surface area contributed by atoms with Gasteiger partial charge in [0, 0.05) is 6.42 Å². The first kappa shape index (κ1) is 16.7. The lowest BCUT2D eigenvalue weighted by atomic mass is 10.2. The van der Waals surface area contributed by atoms with Crippen LogP contribution in [0.1, 0.15) is 23.2 Å². The molecule has 0 aliphatic rings. The standard InChI is InChI=1S/C17H21N2O4/c1-18-8-9-19(14-18)10-12-23-17(21)7-4-11-22-16-6-3-2-5-15(16)13-20/h2-3,5-6,8-9,13-14H,4,7,10-12H2,1H3/q+1. The molecular weight excluding hydrogens is 296 g/mol. The van der Waals surface area contributed by atoms with Crippen LogP contribution in [0.4, 0.5) is 0 Å². The number of aromatic nitrogens is 2. The molecule has 2 rings (SSSR count). The summed E-state index contributed by atoms with van der Waals surface area (Å²) in [4.78, 5) is 22.5. The van der Waals surface area contributed by atoms with E-state index in [-0.39, 0.29) is 5.97 Å². The van der Waals surface area contributed by atoms with E-state index in [4.69, 9.17) is 9.47 Å². The normalized spacial score (nSPS) is 10.3. The zero-order valence-corrected chi connectivity index (χ0v) is 13.2. The van der Waals surface area contributed by atoms with Gasteiger partial charge in [0.05, 0.1) is 19.2 Å². The molecule has 23 heavy (non-hydrogen) atoms. The van der Waals surface area contributed by atoms with Crippen LogP contribution in [0.25, 0.3) is 0 Å². The van der Waals surface area contributed by atoms with Gasteiger partial charge in [-0.05, 0) is 18.6 Å². The summed E-state index contributed by atoms with van der Waals surface area (Å²) in [6, 6.07) is 7.01. The minimum absolute atomic E-state index is 0.242. The molecule has 0 fully saturated rings. The Morgan fingerprint density at radius 2 is 2.13 bits per heavy atom. The Hall–Kier alpha value is -2.63. The summed E-state index contributed by atoms with van der Waals surface area (Å²) >= 11 is 0. The van der Waals surface area contributed by atoms with E-state index in [0.29, 0.717) is 43.9 Å². The molecule has 1 aromatic heterocycles. The van der Waals surface area contributed by atoms with Crippen LogP contribution in [-0.2, 0) is 23.1 Å². The van der Waals surface area contributed by atoms with Crippen molar-refractivity contribution in [1.29, 1.82) is 0 Å². The van der Waals surface area contributed by atoms with Crippen LogP contribution in [0.3, 0.4) is 0 Å². The van der Waals surface area contributed by atoms with E-state index < -0.39 is 0 Å². The third-order valence-corrected chi connectivity index (χ3v) is 3.27. The van der Waals surface area contributed by atoms with Crippen molar-refractivity contribution in [1.82, 2.24) is 4.57 Å². The van der Waals surface area contributed by atoms with Crippen molar-refractivity contribution in [2.45, 2.75) is 19.4 Å². The fraction of sp³-hybridized carbons (Fsp3) is 0.353. The number of esters is 1. The molecule has 2 aromatic rings. The lowest BCUT2D eigenvalue weighted by Crippen LogP contribution is -2.24. The van der Waals surface area contributed by atoms with Crippen LogP contribution in [0, 0.1) is 0 Å². The fourth-order valence-electron chi connectivity index (χ4n) is 2.08. The number of hydrogen-bond donors (Lipinski definition) is 0. The molecule has 0 saturated heterocycles. The van der Waals surface area contributed by atoms with E-state index in [1.165, 1.54) is 0 Å². The predicted molar refractivity (Wildman–Crippen MR) is 83.1 cm³/mol. The highest BCUT2D eigenvalue weighted by molar-refractivity contribution is 5.79. The smallest absolute Gasteiger partial charge is 0.306 e. The molecule has 0 bridgehead atoms. The number of hydrogen-bond acceptors (Lipinski definition) is 4. The molecule has 122 valence electrons. The molecule has 0 amide bonds. The van der Waals surface area contributed by atoms with Gasteiger partial charge in [0.25, 0.3) is 0 Å². The Bertz CT molecular complexity index is 652. The molecule has 6 heteroatoms. The van der Waals surface area contributed by atoms with Crippen molar-refractivity contribution < 1.29 is 23.6 Å².